The molecule has 1 N–H and O–H groups in total. The van der Waals surface area contributed by atoms with E-state index in [2.05, 4.69) is 10.3 Å². The Morgan fingerprint density at radius 1 is 1.00 bits per heavy atom. The summed E-state index contributed by atoms with van der Waals surface area (Å²) in [4.78, 5) is 34.5. The third kappa shape index (κ3) is 6.85. The zero-order valence-corrected chi connectivity index (χ0v) is 22.2. The number of aromatic nitrogens is 2. The van der Waals surface area contributed by atoms with Crippen molar-refractivity contribution < 1.29 is 14.0 Å². The van der Waals surface area contributed by atoms with E-state index in [0.717, 1.165) is 16.8 Å². The van der Waals surface area contributed by atoms with E-state index in [0.29, 0.717) is 35.3 Å². The molecule has 1 heterocycles. The van der Waals surface area contributed by atoms with Crippen LogP contribution in [0.25, 0.3) is 16.9 Å². The molecule has 4 aromatic rings. The molecule has 0 saturated heterocycles. The molecule has 0 aliphatic heterocycles. The van der Waals surface area contributed by atoms with Crippen LogP contribution in [0, 0.1) is 12.7 Å². The van der Waals surface area contributed by atoms with Gasteiger partial charge >= 0.3 is 0 Å². The Morgan fingerprint density at radius 2 is 1.71 bits per heavy atom. The highest BCUT2D eigenvalue weighted by molar-refractivity contribution is 6.30. The van der Waals surface area contributed by atoms with Crippen molar-refractivity contribution in [3.8, 4) is 16.9 Å². The first-order valence-electron chi connectivity index (χ1n) is 12.1. The van der Waals surface area contributed by atoms with Gasteiger partial charge in [0.1, 0.15) is 12.4 Å². The number of amides is 2. The van der Waals surface area contributed by atoms with Gasteiger partial charge in [-0.2, -0.15) is 0 Å². The van der Waals surface area contributed by atoms with E-state index in [1.54, 1.807) is 16.7 Å². The van der Waals surface area contributed by atoms with Crippen molar-refractivity contribution in [3.63, 3.8) is 0 Å². The van der Waals surface area contributed by atoms with E-state index >= 15 is 0 Å². The van der Waals surface area contributed by atoms with Gasteiger partial charge in [0.05, 0.1) is 5.69 Å². The lowest BCUT2D eigenvalue weighted by atomic mass is 10.2. The van der Waals surface area contributed by atoms with Crippen molar-refractivity contribution in [2.75, 3.05) is 39.0 Å². The molecule has 3 aromatic carbocycles. The molecule has 0 saturated carbocycles. The maximum atomic E-state index is 13.4. The smallest absolute Gasteiger partial charge is 0.254 e. The predicted molar refractivity (Wildman–Crippen MR) is 148 cm³/mol. The van der Waals surface area contributed by atoms with Gasteiger partial charge in [0.25, 0.3) is 5.91 Å². The molecular weight excluding hydrogens is 505 g/mol. The second-order valence-electron chi connectivity index (χ2n) is 9.25. The van der Waals surface area contributed by atoms with Crippen LogP contribution in [-0.4, -0.2) is 64.9 Å². The van der Waals surface area contributed by atoms with E-state index < -0.39 is 11.7 Å². The van der Waals surface area contributed by atoms with Gasteiger partial charge < -0.3 is 9.80 Å². The minimum absolute atomic E-state index is 0.193. The standard InChI is InChI=1S/C29H29ClFN5O2/c1-20-5-4-6-25(17-20)36-18-26(21-7-11-23(30)12-8-21)32-29(36)33-27(37)19-35(16-15-34(2)3)28(38)22-9-13-24(31)14-10-22/h4-14,17-18H,15-16,19H2,1-3H3,(H,32,33,37). The average Bonchev–Trinajstić information content (AvgIpc) is 3.30. The van der Waals surface area contributed by atoms with Crippen molar-refractivity contribution in [1.29, 1.82) is 0 Å². The van der Waals surface area contributed by atoms with Crippen molar-refractivity contribution in [2.24, 2.45) is 0 Å². The molecule has 2 amide bonds. The maximum Gasteiger partial charge on any atom is 0.254 e. The van der Waals surface area contributed by atoms with Gasteiger partial charge in [-0.25, -0.2) is 9.37 Å². The highest BCUT2D eigenvalue weighted by Crippen LogP contribution is 2.26. The molecule has 0 unspecified atom stereocenters. The Bertz CT molecular complexity index is 1420. The molecule has 0 radical (unpaired) electrons. The number of nitrogens with zero attached hydrogens (tertiary/aromatic N) is 4. The van der Waals surface area contributed by atoms with E-state index in [1.165, 1.54) is 29.2 Å². The third-order valence-electron chi connectivity index (χ3n) is 5.91. The highest BCUT2D eigenvalue weighted by atomic mass is 35.5. The number of likely N-dealkylation sites (N-methyl/N-ethyl adjacent to an activating group) is 1. The number of benzene rings is 3. The summed E-state index contributed by atoms with van der Waals surface area (Å²) in [6.07, 6.45) is 1.85. The summed E-state index contributed by atoms with van der Waals surface area (Å²) in [5, 5.41) is 3.50. The molecule has 4 rings (SSSR count). The quantitative estimate of drug-likeness (QED) is 0.318. The van der Waals surface area contributed by atoms with Crippen molar-refractivity contribution >= 4 is 29.4 Å². The van der Waals surface area contributed by atoms with E-state index in [-0.39, 0.29) is 12.5 Å². The minimum Gasteiger partial charge on any atom is -0.328 e. The molecule has 9 heteroatoms. The predicted octanol–water partition coefficient (Wildman–Crippen LogP) is 5.28. The van der Waals surface area contributed by atoms with Crippen LogP contribution in [0.3, 0.4) is 0 Å². The minimum atomic E-state index is -0.432. The molecule has 7 nitrogen and oxygen atoms in total. The molecule has 0 spiro atoms. The number of rotatable bonds is 9. The van der Waals surface area contributed by atoms with Gasteiger partial charge in [0.2, 0.25) is 11.9 Å². The van der Waals surface area contributed by atoms with Gasteiger partial charge in [0.15, 0.2) is 0 Å². The molecular formula is C29H29ClFN5O2. The molecule has 38 heavy (non-hydrogen) atoms. The summed E-state index contributed by atoms with van der Waals surface area (Å²) in [6, 6.07) is 20.4. The van der Waals surface area contributed by atoms with Crippen LogP contribution >= 0.6 is 11.6 Å². The van der Waals surface area contributed by atoms with Crippen LogP contribution < -0.4 is 5.32 Å². The number of hydrogen-bond acceptors (Lipinski definition) is 4. The van der Waals surface area contributed by atoms with Crippen LogP contribution in [0.4, 0.5) is 10.3 Å². The van der Waals surface area contributed by atoms with Crippen LogP contribution in [0.2, 0.25) is 5.02 Å². The van der Waals surface area contributed by atoms with E-state index in [9.17, 15) is 14.0 Å². The summed E-state index contributed by atoms with van der Waals surface area (Å²) < 4.78 is 15.2. The second-order valence-corrected chi connectivity index (χ2v) is 9.69. The Hall–Kier alpha value is -4.01. The van der Waals surface area contributed by atoms with Crippen LogP contribution in [0.1, 0.15) is 15.9 Å². The summed E-state index contributed by atoms with van der Waals surface area (Å²) in [5.74, 6) is -0.863. The van der Waals surface area contributed by atoms with Crippen molar-refractivity contribution in [3.05, 3.63) is 101 Å². The van der Waals surface area contributed by atoms with Gasteiger partial charge in [-0.3, -0.25) is 19.5 Å². The number of anilines is 1. The van der Waals surface area contributed by atoms with Gasteiger partial charge in [-0.15, -0.1) is 0 Å². The fraction of sp³-hybridized carbons (Fsp3) is 0.207. The Labute approximate surface area is 226 Å². The Kier molecular flexibility index (Phi) is 8.55. The zero-order chi connectivity index (χ0) is 27.2. The molecule has 0 bridgehead atoms. The maximum absolute atomic E-state index is 13.4. The Balaban J connectivity index is 1.61. The van der Waals surface area contributed by atoms with Gasteiger partial charge in [-0.1, -0.05) is 35.9 Å². The van der Waals surface area contributed by atoms with E-state index in [4.69, 9.17) is 11.6 Å². The van der Waals surface area contributed by atoms with Crippen LogP contribution in [-0.2, 0) is 4.79 Å². The van der Waals surface area contributed by atoms with Crippen LogP contribution in [0.15, 0.2) is 79.0 Å². The summed E-state index contributed by atoms with van der Waals surface area (Å²) in [6.45, 7) is 2.67. The lowest BCUT2D eigenvalue weighted by Gasteiger charge is -2.24. The molecule has 0 aliphatic rings. The highest BCUT2D eigenvalue weighted by Gasteiger charge is 2.21. The fourth-order valence-corrected chi connectivity index (χ4v) is 4.01. The molecule has 0 atom stereocenters. The average molecular weight is 534 g/mol. The number of carbonyl (C=O) groups is 2. The largest absolute Gasteiger partial charge is 0.328 e. The first-order chi connectivity index (χ1) is 18.2. The summed E-state index contributed by atoms with van der Waals surface area (Å²) in [5.41, 5.74) is 3.70. The normalized spacial score (nSPS) is 11.0. The monoisotopic (exact) mass is 533 g/mol. The van der Waals surface area contributed by atoms with Crippen molar-refractivity contribution in [1.82, 2.24) is 19.4 Å². The second kappa shape index (κ2) is 12.0. The van der Waals surface area contributed by atoms with Gasteiger partial charge in [-0.05, 0) is 75.1 Å². The number of carbonyl (C=O) groups excluding carboxylic acids is 2. The summed E-state index contributed by atoms with van der Waals surface area (Å²) in [7, 11) is 3.77. The molecule has 1 aromatic heterocycles. The summed E-state index contributed by atoms with van der Waals surface area (Å²) >= 11 is 6.05. The first-order valence-corrected chi connectivity index (χ1v) is 12.5. The Morgan fingerprint density at radius 3 is 2.37 bits per heavy atom. The molecule has 196 valence electrons. The molecule has 0 aliphatic carbocycles. The van der Waals surface area contributed by atoms with E-state index in [1.807, 2.05) is 68.5 Å². The number of imidazole rings is 1. The first kappa shape index (κ1) is 27.0. The van der Waals surface area contributed by atoms with Crippen molar-refractivity contribution in [2.45, 2.75) is 6.92 Å². The number of hydrogen-bond donors (Lipinski definition) is 1. The number of halogens is 2. The topological polar surface area (TPSA) is 70.5 Å². The third-order valence-corrected chi connectivity index (χ3v) is 6.16. The number of nitrogens with one attached hydrogen (secondary N) is 1. The lowest BCUT2D eigenvalue weighted by molar-refractivity contribution is -0.117. The number of aryl methyl sites for hydroxylation is 1. The van der Waals surface area contributed by atoms with Crippen LogP contribution in [0.5, 0.6) is 0 Å². The molecule has 0 fully saturated rings. The SMILES string of the molecule is Cc1cccc(-n2cc(-c3ccc(Cl)cc3)nc2NC(=O)CN(CCN(C)C)C(=O)c2ccc(F)cc2)c1. The zero-order valence-electron chi connectivity index (χ0n) is 21.5. The fourth-order valence-electron chi connectivity index (χ4n) is 3.89. The van der Waals surface area contributed by atoms with Gasteiger partial charge in [0, 0.05) is 41.1 Å². The lowest BCUT2D eigenvalue weighted by Crippen LogP contribution is -2.41.